The summed E-state index contributed by atoms with van der Waals surface area (Å²) in [6.07, 6.45) is 2.75. The summed E-state index contributed by atoms with van der Waals surface area (Å²) in [7, 11) is 0. The van der Waals surface area contributed by atoms with Crippen LogP contribution in [-0.2, 0) is 6.54 Å². The maximum Gasteiger partial charge on any atom is 0.328 e. The fourth-order valence-electron chi connectivity index (χ4n) is 3.24. The average molecular weight is 349 g/mol. The molecule has 8 nitrogen and oxygen atoms in total. The third kappa shape index (κ3) is 3.17. The minimum Gasteiger partial charge on any atom is -0.354 e. The van der Waals surface area contributed by atoms with Crippen LogP contribution in [0.1, 0.15) is 17.5 Å². The van der Waals surface area contributed by atoms with Gasteiger partial charge < -0.3 is 15.6 Å². The molecule has 0 unspecified atom stereocenters. The second-order valence-corrected chi connectivity index (χ2v) is 6.46. The van der Waals surface area contributed by atoms with E-state index in [1.165, 1.54) is 4.57 Å². The van der Waals surface area contributed by atoms with Gasteiger partial charge in [0.1, 0.15) is 5.52 Å². The number of fused-ring (bicyclic) bond motifs is 1. The lowest BCUT2D eigenvalue weighted by atomic mass is 10.1. The summed E-state index contributed by atoms with van der Waals surface area (Å²) in [5.41, 5.74) is 2.18. The Bertz CT molecular complexity index is 1020. The second kappa shape index (κ2) is 6.98. The molecular weight excluding hydrogens is 330 g/mol. The van der Waals surface area contributed by atoms with Crippen molar-refractivity contribution in [2.75, 3.05) is 25.0 Å². The molecule has 2 aromatic heterocycles. The number of aromatic amines is 1. The van der Waals surface area contributed by atoms with Crippen LogP contribution in [-0.4, -0.2) is 39.2 Å². The normalized spacial score (nSPS) is 16.7. The van der Waals surface area contributed by atoms with E-state index in [-0.39, 0.29) is 12.2 Å². The summed E-state index contributed by atoms with van der Waals surface area (Å²) in [6, 6.07) is 9.41. The molecule has 3 N–H and O–H groups in total. The summed E-state index contributed by atoms with van der Waals surface area (Å²) in [6.45, 7) is 3.12. The van der Waals surface area contributed by atoms with E-state index in [0.717, 1.165) is 31.6 Å². The summed E-state index contributed by atoms with van der Waals surface area (Å²) in [4.78, 5) is 23.9. The Morgan fingerprint density at radius 1 is 1.38 bits per heavy atom. The van der Waals surface area contributed by atoms with E-state index < -0.39 is 0 Å². The van der Waals surface area contributed by atoms with Crippen LogP contribution in [0, 0.1) is 17.2 Å². The maximum absolute atomic E-state index is 12.3. The van der Waals surface area contributed by atoms with Crippen molar-refractivity contribution in [3.8, 4) is 6.07 Å². The number of anilines is 1. The zero-order valence-electron chi connectivity index (χ0n) is 14.2. The fraction of sp³-hybridized carbons (Fsp3) is 0.333. The number of H-pyrrole nitrogens is 1. The molecule has 0 radical (unpaired) electrons. The van der Waals surface area contributed by atoms with Crippen molar-refractivity contribution in [1.29, 1.82) is 5.26 Å². The van der Waals surface area contributed by atoms with Gasteiger partial charge in [0.2, 0.25) is 5.95 Å². The Morgan fingerprint density at radius 2 is 2.27 bits per heavy atom. The Morgan fingerprint density at radius 3 is 3.08 bits per heavy atom. The van der Waals surface area contributed by atoms with Gasteiger partial charge >= 0.3 is 5.69 Å². The predicted octanol–water partition coefficient (Wildman–Crippen LogP) is 1.06. The zero-order valence-corrected chi connectivity index (χ0v) is 14.2. The quantitative estimate of drug-likeness (QED) is 0.635. The van der Waals surface area contributed by atoms with Gasteiger partial charge in [-0.05, 0) is 37.1 Å². The van der Waals surface area contributed by atoms with E-state index in [1.54, 1.807) is 12.3 Å². The molecule has 1 fully saturated rings. The minimum atomic E-state index is -0.265. The molecule has 0 amide bonds. The standard InChI is InChI=1S/C18H19N7O/c19-7-13-3-1-2-4-14(13)11-25-16-15(23-18(25)26)10-22-17(24-16)21-9-12-5-6-20-8-12/h1-4,10,12,20H,5-6,8-9,11H2,(H,23,26)(H,21,22,24)/t12-/m0/s1. The van der Waals surface area contributed by atoms with Gasteiger partial charge in [-0.25, -0.2) is 9.78 Å². The number of rotatable bonds is 5. The van der Waals surface area contributed by atoms with Crippen molar-refractivity contribution in [3.63, 3.8) is 0 Å². The number of hydrogen-bond acceptors (Lipinski definition) is 6. The number of hydrogen-bond donors (Lipinski definition) is 3. The molecule has 0 aliphatic carbocycles. The van der Waals surface area contributed by atoms with Crippen LogP contribution < -0.4 is 16.3 Å². The summed E-state index contributed by atoms with van der Waals surface area (Å²) in [5, 5.41) is 15.9. The molecule has 1 saturated heterocycles. The number of aromatic nitrogens is 4. The smallest absolute Gasteiger partial charge is 0.328 e. The van der Waals surface area contributed by atoms with Gasteiger partial charge in [-0.2, -0.15) is 10.2 Å². The largest absolute Gasteiger partial charge is 0.354 e. The molecule has 3 heterocycles. The van der Waals surface area contributed by atoms with Crippen molar-refractivity contribution in [2.45, 2.75) is 13.0 Å². The number of nitriles is 1. The maximum atomic E-state index is 12.3. The zero-order chi connectivity index (χ0) is 17.9. The third-order valence-electron chi connectivity index (χ3n) is 4.69. The molecule has 3 aromatic rings. The first-order valence-electron chi connectivity index (χ1n) is 8.63. The highest BCUT2D eigenvalue weighted by molar-refractivity contribution is 5.71. The van der Waals surface area contributed by atoms with E-state index >= 15 is 0 Å². The number of benzene rings is 1. The number of imidazole rings is 1. The Labute approximate surface area is 149 Å². The van der Waals surface area contributed by atoms with Crippen molar-refractivity contribution in [1.82, 2.24) is 24.8 Å². The van der Waals surface area contributed by atoms with Gasteiger partial charge in [0.25, 0.3) is 0 Å². The van der Waals surface area contributed by atoms with Crippen molar-refractivity contribution < 1.29 is 0 Å². The molecule has 132 valence electrons. The first-order chi connectivity index (χ1) is 12.7. The first kappa shape index (κ1) is 16.3. The minimum absolute atomic E-state index is 0.265. The predicted molar refractivity (Wildman–Crippen MR) is 97.9 cm³/mol. The molecule has 0 spiro atoms. The Kier molecular flexibility index (Phi) is 4.37. The Balaban J connectivity index is 1.63. The molecule has 0 saturated carbocycles. The van der Waals surface area contributed by atoms with E-state index in [2.05, 4.69) is 31.7 Å². The van der Waals surface area contributed by atoms with Crippen LogP contribution in [0.25, 0.3) is 11.2 Å². The lowest BCUT2D eigenvalue weighted by Crippen LogP contribution is -2.19. The van der Waals surface area contributed by atoms with Crippen LogP contribution in [0.15, 0.2) is 35.3 Å². The monoisotopic (exact) mass is 349 g/mol. The van der Waals surface area contributed by atoms with E-state index in [9.17, 15) is 10.1 Å². The molecule has 4 rings (SSSR count). The lowest BCUT2D eigenvalue weighted by Gasteiger charge is -2.10. The first-order valence-corrected chi connectivity index (χ1v) is 8.63. The van der Waals surface area contributed by atoms with Crippen LogP contribution in [0.3, 0.4) is 0 Å². The fourth-order valence-corrected chi connectivity index (χ4v) is 3.24. The SMILES string of the molecule is N#Cc1ccccc1Cn1c(=O)[nH]c2cnc(NC[C@H]3CCNC3)nc21. The van der Waals surface area contributed by atoms with Crippen molar-refractivity contribution in [2.24, 2.45) is 5.92 Å². The van der Waals surface area contributed by atoms with Gasteiger partial charge in [-0.3, -0.25) is 4.57 Å². The summed E-state index contributed by atoms with van der Waals surface area (Å²) < 4.78 is 1.54. The average Bonchev–Trinajstić information content (AvgIpc) is 3.29. The Hall–Kier alpha value is -3.18. The molecular formula is C18H19N7O. The van der Waals surface area contributed by atoms with Gasteiger partial charge in [-0.15, -0.1) is 0 Å². The third-order valence-corrected chi connectivity index (χ3v) is 4.69. The van der Waals surface area contributed by atoms with Gasteiger partial charge in [0, 0.05) is 6.54 Å². The molecule has 1 atom stereocenters. The van der Waals surface area contributed by atoms with Gasteiger partial charge in [0.05, 0.1) is 24.4 Å². The molecule has 8 heteroatoms. The lowest BCUT2D eigenvalue weighted by molar-refractivity contribution is 0.613. The molecule has 1 aliphatic rings. The molecule has 0 bridgehead atoms. The molecule has 1 aliphatic heterocycles. The second-order valence-electron chi connectivity index (χ2n) is 6.46. The molecule has 1 aromatic carbocycles. The highest BCUT2D eigenvalue weighted by atomic mass is 16.1. The summed E-state index contributed by atoms with van der Waals surface area (Å²) in [5.74, 6) is 1.07. The van der Waals surface area contributed by atoms with Crippen LogP contribution in [0.2, 0.25) is 0 Å². The van der Waals surface area contributed by atoms with Gasteiger partial charge in [-0.1, -0.05) is 18.2 Å². The van der Waals surface area contributed by atoms with Crippen LogP contribution in [0.5, 0.6) is 0 Å². The van der Waals surface area contributed by atoms with Crippen LogP contribution in [0.4, 0.5) is 5.95 Å². The van der Waals surface area contributed by atoms with E-state index in [1.807, 2.05) is 18.2 Å². The van der Waals surface area contributed by atoms with Crippen molar-refractivity contribution >= 4 is 17.1 Å². The van der Waals surface area contributed by atoms with Crippen LogP contribution >= 0.6 is 0 Å². The highest BCUT2D eigenvalue weighted by Crippen LogP contribution is 2.14. The number of nitrogens with zero attached hydrogens (tertiary/aromatic N) is 4. The topological polar surface area (TPSA) is 111 Å². The van der Waals surface area contributed by atoms with Crippen molar-refractivity contribution in [3.05, 3.63) is 52.1 Å². The summed E-state index contributed by atoms with van der Waals surface area (Å²) >= 11 is 0. The molecule has 26 heavy (non-hydrogen) atoms. The van der Waals surface area contributed by atoms with E-state index in [4.69, 9.17) is 0 Å². The van der Waals surface area contributed by atoms with E-state index in [0.29, 0.717) is 28.6 Å². The number of nitrogens with one attached hydrogen (secondary N) is 3. The van der Waals surface area contributed by atoms with Gasteiger partial charge in [0.15, 0.2) is 5.65 Å². The highest BCUT2D eigenvalue weighted by Gasteiger charge is 2.16.